The second-order valence-electron chi connectivity index (χ2n) is 4.28. The molecule has 0 radical (unpaired) electrons. The molecule has 0 saturated heterocycles. The molecule has 2 rings (SSSR count). The minimum atomic E-state index is -0.858. The third-order valence-corrected chi connectivity index (χ3v) is 3.31. The highest BCUT2D eigenvalue weighted by Crippen LogP contribution is 2.37. The summed E-state index contributed by atoms with van der Waals surface area (Å²) in [6.07, 6.45) is 5.54. The molecule has 1 atom stereocenters. The Morgan fingerprint density at radius 2 is 2.40 bits per heavy atom. The highest BCUT2D eigenvalue weighted by molar-refractivity contribution is 9.10. The molecule has 1 aromatic rings. The molecule has 15 heavy (non-hydrogen) atoms. The molecule has 0 amide bonds. The zero-order valence-corrected chi connectivity index (χ0v) is 10.2. The van der Waals surface area contributed by atoms with Gasteiger partial charge in [-0.1, -0.05) is 12.8 Å². The van der Waals surface area contributed by atoms with Crippen molar-refractivity contribution >= 4 is 21.9 Å². The van der Waals surface area contributed by atoms with Gasteiger partial charge in [-0.05, 0) is 41.3 Å². The Labute approximate surface area is 97.2 Å². The quantitative estimate of drug-likeness (QED) is 0.913. The summed E-state index contributed by atoms with van der Waals surface area (Å²) in [5, 5.41) is 9.04. The monoisotopic (exact) mass is 271 g/mol. The molecule has 0 spiro atoms. The number of carboxylic acid groups (broad SMARTS) is 1. The maximum absolute atomic E-state index is 11.0. The van der Waals surface area contributed by atoms with Crippen molar-refractivity contribution in [1.29, 1.82) is 0 Å². The van der Waals surface area contributed by atoms with Crippen LogP contribution in [-0.2, 0) is 0 Å². The van der Waals surface area contributed by atoms with Crippen LogP contribution in [0, 0.1) is 5.92 Å². The van der Waals surface area contributed by atoms with Crippen LogP contribution >= 0.6 is 15.9 Å². The average molecular weight is 272 g/mol. The van der Waals surface area contributed by atoms with Gasteiger partial charge in [0.05, 0.1) is 0 Å². The zero-order chi connectivity index (χ0) is 11.0. The van der Waals surface area contributed by atoms with Crippen molar-refractivity contribution in [2.75, 3.05) is 0 Å². The van der Waals surface area contributed by atoms with E-state index in [9.17, 15) is 4.79 Å². The fourth-order valence-electron chi connectivity index (χ4n) is 1.93. The lowest BCUT2D eigenvalue weighted by Crippen LogP contribution is -2.12. The van der Waals surface area contributed by atoms with E-state index in [-0.39, 0.29) is 6.04 Å². The third kappa shape index (κ3) is 2.43. The minimum Gasteiger partial charge on any atom is -0.477 e. The lowest BCUT2D eigenvalue weighted by atomic mass is 10.1. The van der Waals surface area contributed by atoms with Gasteiger partial charge in [0.1, 0.15) is 5.69 Å². The molecule has 1 fully saturated rings. The smallest absolute Gasteiger partial charge is 0.352 e. The Balaban J connectivity index is 2.20. The van der Waals surface area contributed by atoms with Crippen LogP contribution < -0.4 is 0 Å². The molecule has 1 aliphatic carbocycles. The largest absolute Gasteiger partial charge is 0.477 e. The van der Waals surface area contributed by atoms with Crippen LogP contribution in [0.15, 0.2) is 16.7 Å². The van der Waals surface area contributed by atoms with Crippen molar-refractivity contribution in [3.63, 3.8) is 0 Å². The van der Waals surface area contributed by atoms with Gasteiger partial charge in [0.15, 0.2) is 0 Å². The van der Waals surface area contributed by atoms with Crippen LogP contribution in [0.3, 0.4) is 0 Å². The number of aromatic nitrogens is 1. The third-order valence-electron chi connectivity index (χ3n) is 2.88. The molecule has 3 nitrogen and oxygen atoms in total. The first kappa shape index (κ1) is 10.7. The summed E-state index contributed by atoms with van der Waals surface area (Å²) in [6, 6.07) is 1.93. The first-order valence-electron chi connectivity index (χ1n) is 5.18. The molecule has 82 valence electrons. The first-order chi connectivity index (χ1) is 7.08. The highest BCUT2D eigenvalue weighted by Gasteiger charge is 2.25. The van der Waals surface area contributed by atoms with Crippen molar-refractivity contribution in [3.05, 3.63) is 22.4 Å². The molecular formula is C11H14BrNO2. The molecule has 4 heteroatoms. The fraction of sp³-hybridized carbons (Fsp3) is 0.545. The standard InChI is InChI=1S/C11H14BrNO2/c1-7(4-8-2-3-8)13-6-9(12)5-10(13)11(14)15/h5-8H,2-4H2,1H3,(H,14,15). The lowest BCUT2D eigenvalue weighted by Gasteiger charge is -2.15. The van der Waals surface area contributed by atoms with Crippen LogP contribution in [0.1, 0.15) is 42.7 Å². The van der Waals surface area contributed by atoms with Gasteiger partial charge in [0, 0.05) is 16.7 Å². The number of hydrogen-bond acceptors (Lipinski definition) is 1. The molecule has 1 aromatic heterocycles. The van der Waals surface area contributed by atoms with Crippen LogP contribution in [0.5, 0.6) is 0 Å². The first-order valence-corrected chi connectivity index (χ1v) is 5.98. The second-order valence-corrected chi connectivity index (χ2v) is 5.20. The maximum Gasteiger partial charge on any atom is 0.352 e. The van der Waals surface area contributed by atoms with Crippen molar-refractivity contribution in [2.45, 2.75) is 32.2 Å². The number of hydrogen-bond donors (Lipinski definition) is 1. The van der Waals surface area contributed by atoms with Gasteiger partial charge in [0.2, 0.25) is 0 Å². The Bertz CT molecular complexity index is 382. The van der Waals surface area contributed by atoms with Gasteiger partial charge in [-0.2, -0.15) is 0 Å². The predicted molar refractivity (Wildman–Crippen MR) is 61.1 cm³/mol. The predicted octanol–water partition coefficient (Wildman–Crippen LogP) is 3.31. The molecule has 1 N–H and O–H groups in total. The number of aromatic carboxylic acids is 1. The van der Waals surface area contributed by atoms with Crippen molar-refractivity contribution in [2.24, 2.45) is 5.92 Å². The maximum atomic E-state index is 11.0. The van der Waals surface area contributed by atoms with E-state index in [0.29, 0.717) is 5.69 Å². The summed E-state index contributed by atoms with van der Waals surface area (Å²) in [4.78, 5) is 11.0. The second kappa shape index (κ2) is 4.00. The summed E-state index contributed by atoms with van der Waals surface area (Å²) in [5.74, 6) is -0.0498. The average Bonchev–Trinajstić information content (AvgIpc) is 2.86. The highest BCUT2D eigenvalue weighted by atomic mass is 79.9. The number of carbonyl (C=O) groups is 1. The van der Waals surface area contributed by atoms with Gasteiger partial charge in [0.25, 0.3) is 0 Å². The summed E-state index contributed by atoms with van der Waals surface area (Å²) in [5.41, 5.74) is 0.370. The van der Waals surface area contributed by atoms with E-state index >= 15 is 0 Å². The van der Waals surface area contributed by atoms with E-state index in [1.165, 1.54) is 12.8 Å². The number of nitrogens with zero attached hydrogens (tertiary/aromatic N) is 1. The van der Waals surface area contributed by atoms with E-state index in [2.05, 4.69) is 22.9 Å². The number of halogens is 1. The molecule has 1 heterocycles. The minimum absolute atomic E-state index is 0.273. The summed E-state index contributed by atoms with van der Waals surface area (Å²) in [6.45, 7) is 2.08. The van der Waals surface area contributed by atoms with Gasteiger partial charge in [-0.15, -0.1) is 0 Å². The van der Waals surface area contributed by atoms with Gasteiger partial charge in [-0.25, -0.2) is 4.79 Å². The van der Waals surface area contributed by atoms with Crippen LogP contribution in [-0.4, -0.2) is 15.6 Å². The normalized spacial score (nSPS) is 17.7. The molecule has 1 aliphatic rings. The Morgan fingerprint density at radius 1 is 1.73 bits per heavy atom. The molecule has 1 unspecified atom stereocenters. The number of carboxylic acids is 1. The fourth-order valence-corrected chi connectivity index (χ4v) is 2.37. The molecule has 0 aromatic carbocycles. The Hall–Kier alpha value is -0.770. The van der Waals surface area contributed by atoms with E-state index in [0.717, 1.165) is 16.8 Å². The summed E-state index contributed by atoms with van der Waals surface area (Å²) >= 11 is 3.32. The zero-order valence-electron chi connectivity index (χ0n) is 8.61. The van der Waals surface area contributed by atoms with E-state index in [1.807, 2.05) is 10.8 Å². The van der Waals surface area contributed by atoms with Gasteiger partial charge in [-0.3, -0.25) is 0 Å². The van der Waals surface area contributed by atoms with Gasteiger partial charge < -0.3 is 9.67 Å². The van der Waals surface area contributed by atoms with E-state index in [4.69, 9.17) is 5.11 Å². The molecule has 0 aliphatic heterocycles. The SMILES string of the molecule is CC(CC1CC1)n1cc(Br)cc1C(=O)O. The molecule has 1 saturated carbocycles. The Kier molecular flexibility index (Phi) is 2.87. The topological polar surface area (TPSA) is 42.2 Å². The Morgan fingerprint density at radius 3 is 2.93 bits per heavy atom. The lowest BCUT2D eigenvalue weighted by molar-refractivity contribution is 0.0682. The van der Waals surface area contributed by atoms with Crippen LogP contribution in [0.25, 0.3) is 0 Å². The van der Waals surface area contributed by atoms with E-state index in [1.54, 1.807) is 6.07 Å². The van der Waals surface area contributed by atoms with E-state index < -0.39 is 5.97 Å². The van der Waals surface area contributed by atoms with Crippen LogP contribution in [0.2, 0.25) is 0 Å². The van der Waals surface area contributed by atoms with Gasteiger partial charge >= 0.3 is 5.97 Å². The van der Waals surface area contributed by atoms with Crippen molar-refractivity contribution in [3.8, 4) is 0 Å². The van der Waals surface area contributed by atoms with Crippen molar-refractivity contribution in [1.82, 2.24) is 4.57 Å². The summed E-state index contributed by atoms with van der Waals surface area (Å²) < 4.78 is 2.69. The molecular weight excluding hydrogens is 258 g/mol. The van der Waals surface area contributed by atoms with Crippen molar-refractivity contribution < 1.29 is 9.90 Å². The molecule has 0 bridgehead atoms. The number of rotatable bonds is 4. The summed E-state index contributed by atoms with van der Waals surface area (Å²) in [7, 11) is 0. The van der Waals surface area contributed by atoms with Crippen LogP contribution in [0.4, 0.5) is 0 Å².